The zero-order valence-corrected chi connectivity index (χ0v) is 28.1. The van der Waals surface area contributed by atoms with Crippen molar-refractivity contribution < 1.29 is 18.3 Å². The summed E-state index contributed by atoms with van der Waals surface area (Å²) in [7, 11) is 0. The third-order valence-corrected chi connectivity index (χ3v) is 9.51. The van der Waals surface area contributed by atoms with Gasteiger partial charge in [0, 0.05) is 40.8 Å². The second kappa shape index (κ2) is 16.4. The molecule has 0 spiro atoms. The number of fused-ring (bicyclic) bond motifs is 9. The van der Waals surface area contributed by atoms with Crippen LogP contribution in [0, 0.1) is 0 Å². The molecule has 0 aliphatic rings. The first-order valence-corrected chi connectivity index (χ1v) is 18.2. The van der Waals surface area contributed by atoms with Crippen molar-refractivity contribution in [1.29, 1.82) is 0 Å². The van der Waals surface area contributed by atoms with Crippen molar-refractivity contribution in [3.8, 4) is 5.75 Å². The van der Waals surface area contributed by atoms with E-state index in [2.05, 4.69) is 74.5 Å². The van der Waals surface area contributed by atoms with Crippen molar-refractivity contribution in [1.82, 2.24) is 0 Å². The first-order valence-electron chi connectivity index (χ1n) is 18.2. The smallest absolute Gasteiger partial charge is 0.139 e. The van der Waals surface area contributed by atoms with Crippen LogP contribution in [-0.2, 0) is 11.2 Å². The standard InChI is InChI=1S/C42H52O4/c1-3-5-7-8-9-10-11-16-28-44-32-19-21-36-40(30-32)46-38-25-23-33-34(42(36)38)22-24-37-41(33)35-20-18-31(29-39(35)45-37)17-13-12-15-27-43-26-14-6-4-2/h18-25,29-30H,3-17,26-28H2,1-2H3. The summed E-state index contributed by atoms with van der Waals surface area (Å²) in [5.41, 5.74) is 5.02. The zero-order chi connectivity index (χ0) is 31.6. The van der Waals surface area contributed by atoms with E-state index < -0.39 is 0 Å². The lowest BCUT2D eigenvalue weighted by Crippen LogP contribution is -1.97. The van der Waals surface area contributed by atoms with Crippen molar-refractivity contribution in [2.24, 2.45) is 0 Å². The zero-order valence-electron chi connectivity index (χ0n) is 28.1. The average molecular weight is 621 g/mol. The van der Waals surface area contributed by atoms with Crippen LogP contribution >= 0.6 is 0 Å². The predicted molar refractivity (Wildman–Crippen MR) is 195 cm³/mol. The van der Waals surface area contributed by atoms with Gasteiger partial charge in [0.15, 0.2) is 0 Å². The highest BCUT2D eigenvalue weighted by Gasteiger charge is 2.16. The van der Waals surface area contributed by atoms with Gasteiger partial charge in [0.05, 0.1) is 6.61 Å². The van der Waals surface area contributed by atoms with Crippen LogP contribution in [0.3, 0.4) is 0 Å². The van der Waals surface area contributed by atoms with Crippen molar-refractivity contribution in [2.45, 2.75) is 110 Å². The van der Waals surface area contributed by atoms with Crippen LogP contribution in [-0.4, -0.2) is 19.8 Å². The fraction of sp³-hybridized carbons (Fsp3) is 0.476. The summed E-state index contributed by atoms with van der Waals surface area (Å²) in [5.74, 6) is 0.883. The van der Waals surface area contributed by atoms with Gasteiger partial charge in [-0.2, -0.15) is 0 Å². The Bertz CT molecular complexity index is 1710. The van der Waals surface area contributed by atoms with Gasteiger partial charge in [-0.1, -0.05) is 90.2 Å². The molecule has 0 saturated heterocycles. The van der Waals surface area contributed by atoms with Crippen LogP contribution in [0.15, 0.2) is 69.5 Å². The SMILES string of the molecule is CCCCCCCCCCOc1ccc2c(c1)oc1ccc3c(ccc4oc5cc(CCCCCOCCCCC)ccc5c43)c12. The highest BCUT2D eigenvalue weighted by Crippen LogP contribution is 2.41. The molecule has 6 aromatic rings. The molecule has 244 valence electrons. The number of ether oxygens (including phenoxy) is 2. The second-order valence-electron chi connectivity index (χ2n) is 13.1. The predicted octanol–water partition coefficient (Wildman–Crippen LogP) is 13.1. The van der Waals surface area contributed by atoms with E-state index in [9.17, 15) is 0 Å². The summed E-state index contributed by atoms with van der Waals surface area (Å²) < 4.78 is 24.7. The molecule has 46 heavy (non-hydrogen) atoms. The number of hydrogen-bond acceptors (Lipinski definition) is 4. The fourth-order valence-electron chi connectivity index (χ4n) is 6.92. The summed E-state index contributed by atoms with van der Waals surface area (Å²) in [5, 5.41) is 7.04. The van der Waals surface area contributed by atoms with Crippen LogP contribution in [0.4, 0.5) is 0 Å². The Labute approximate surface area is 274 Å². The molecule has 0 saturated carbocycles. The number of furan rings is 2. The quantitative estimate of drug-likeness (QED) is 0.0797. The van der Waals surface area contributed by atoms with E-state index in [4.69, 9.17) is 18.3 Å². The normalized spacial score (nSPS) is 12.0. The van der Waals surface area contributed by atoms with Crippen molar-refractivity contribution in [2.75, 3.05) is 19.8 Å². The number of benzene rings is 4. The Morgan fingerprint density at radius 3 is 1.67 bits per heavy atom. The minimum absolute atomic E-state index is 0.755. The maximum Gasteiger partial charge on any atom is 0.139 e. The molecule has 0 radical (unpaired) electrons. The molecule has 2 aromatic heterocycles. The van der Waals surface area contributed by atoms with Crippen molar-refractivity contribution in [3.05, 3.63) is 66.2 Å². The van der Waals surface area contributed by atoms with E-state index in [1.54, 1.807) is 0 Å². The van der Waals surface area contributed by atoms with Gasteiger partial charge in [0.2, 0.25) is 0 Å². The third kappa shape index (κ3) is 7.72. The summed E-state index contributed by atoms with van der Waals surface area (Å²) >= 11 is 0. The van der Waals surface area contributed by atoms with E-state index in [0.717, 1.165) is 77.9 Å². The van der Waals surface area contributed by atoms with Crippen LogP contribution in [0.2, 0.25) is 0 Å². The van der Waals surface area contributed by atoms with Gasteiger partial charge >= 0.3 is 0 Å². The lowest BCUT2D eigenvalue weighted by atomic mass is 9.98. The minimum atomic E-state index is 0.755. The Morgan fingerprint density at radius 2 is 0.978 bits per heavy atom. The van der Waals surface area contributed by atoms with Gasteiger partial charge in [0.1, 0.15) is 28.1 Å². The molecule has 4 nitrogen and oxygen atoms in total. The molecule has 0 fully saturated rings. The third-order valence-electron chi connectivity index (χ3n) is 9.51. The van der Waals surface area contributed by atoms with E-state index in [1.807, 2.05) is 0 Å². The molecule has 4 aromatic carbocycles. The van der Waals surface area contributed by atoms with Gasteiger partial charge in [-0.15, -0.1) is 0 Å². The Morgan fingerprint density at radius 1 is 0.457 bits per heavy atom. The number of rotatable bonds is 20. The summed E-state index contributed by atoms with van der Waals surface area (Å²) in [4.78, 5) is 0. The van der Waals surface area contributed by atoms with Crippen LogP contribution in [0.5, 0.6) is 5.75 Å². The Kier molecular flexibility index (Phi) is 11.5. The number of hydrogen-bond donors (Lipinski definition) is 0. The highest BCUT2D eigenvalue weighted by molar-refractivity contribution is 6.27. The average Bonchev–Trinajstić information content (AvgIpc) is 3.64. The van der Waals surface area contributed by atoms with E-state index in [-0.39, 0.29) is 0 Å². The van der Waals surface area contributed by atoms with Gasteiger partial charge in [-0.3, -0.25) is 0 Å². The monoisotopic (exact) mass is 620 g/mol. The fourth-order valence-corrected chi connectivity index (χ4v) is 6.92. The van der Waals surface area contributed by atoms with E-state index in [0.29, 0.717) is 0 Å². The summed E-state index contributed by atoms with van der Waals surface area (Å²) in [6.45, 7) is 7.04. The summed E-state index contributed by atoms with van der Waals surface area (Å²) in [6, 6.07) is 21.7. The maximum absolute atomic E-state index is 6.41. The molecular weight excluding hydrogens is 568 g/mol. The molecule has 6 rings (SSSR count). The largest absolute Gasteiger partial charge is 0.493 e. The number of aryl methyl sites for hydroxylation is 1. The van der Waals surface area contributed by atoms with Gasteiger partial charge in [-0.05, 0) is 90.9 Å². The molecule has 0 aliphatic heterocycles. The van der Waals surface area contributed by atoms with E-state index in [1.165, 1.54) is 104 Å². The molecule has 0 bridgehead atoms. The molecule has 0 unspecified atom stereocenters. The molecule has 2 heterocycles. The van der Waals surface area contributed by atoms with Crippen LogP contribution in [0.25, 0.3) is 54.6 Å². The molecule has 0 amide bonds. The van der Waals surface area contributed by atoms with E-state index >= 15 is 0 Å². The van der Waals surface area contributed by atoms with Gasteiger partial charge in [0.25, 0.3) is 0 Å². The first kappa shape index (κ1) is 32.4. The van der Waals surface area contributed by atoms with Gasteiger partial charge < -0.3 is 18.3 Å². The molecule has 4 heteroatoms. The molecule has 0 N–H and O–H groups in total. The molecular formula is C42H52O4. The summed E-state index contributed by atoms with van der Waals surface area (Å²) in [6.07, 6.45) is 18.7. The van der Waals surface area contributed by atoms with Crippen LogP contribution in [0.1, 0.15) is 109 Å². The lowest BCUT2D eigenvalue weighted by molar-refractivity contribution is 0.126. The van der Waals surface area contributed by atoms with Gasteiger partial charge in [-0.25, -0.2) is 0 Å². The first-order chi connectivity index (χ1) is 22.8. The maximum atomic E-state index is 6.41. The van der Waals surface area contributed by atoms with Crippen LogP contribution < -0.4 is 4.74 Å². The van der Waals surface area contributed by atoms with Crippen molar-refractivity contribution in [3.63, 3.8) is 0 Å². The highest BCUT2D eigenvalue weighted by atomic mass is 16.5. The second-order valence-corrected chi connectivity index (χ2v) is 13.1. The minimum Gasteiger partial charge on any atom is -0.493 e. The topological polar surface area (TPSA) is 44.7 Å². The Hall–Kier alpha value is -3.50. The molecule has 0 atom stereocenters. The van der Waals surface area contributed by atoms with Crippen molar-refractivity contribution >= 4 is 54.6 Å². The number of unbranched alkanes of at least 4 members (excludes halogenated alkanes) is 11. The molecule has 0 aliphatic carbocycles. The lowest BCUT2D eigenvalue weighted by Gasteiger charge is -2.06. The Balaban J connectivity index is 1.12.